The molecule has 0 saturated carbocycles. The Kier molecular flexibility index (Phi) is 59.1. The van der Waals surface area contributed by atoms with Gasteiger partial charge in [0.2, 0.25) is 5.91 Å². The van der Waals surface area contributed by atoms with Crippen molar-refractivity contribution in [3.05, 3.63) is 146 Å². The number of unbranched alkanes of at least 4 members (excludes halogenated alkanes) is 25. The van der Waals surface area contributed by atoms with Gasteiger partial charge in [0.15, 0.2) is 18.9 Å². The fourth-order valence-electron chi connectivity index (χ4n) is 12.8. The quantitative estimate of drug-likeness (QED) is 0.0199. The molecule has 0 aromatic carbocycles. The lowest BCUT2D eigenvalue weighted by atomic mass is 9.96. The van der Waals surface area contributed by atoms with Crippen LogP contribution < -0.4 is 5.32 Å². The number of rotatable bonds is 63. The first-order valence-electron chi connectivity index (χ1n) is 41.1. The first kappa shape index (κ1) is 95.9. The first-order valence-corrected chi connectivity index (χ1v) is 41.1. The van der Waals surface area contributed by atoms with Crippen LogP contribution in [0, 0.1) is 0 Å². The van der Waals surface area contributed by atoms with E-state index < -0.39 is 124 Å². The maximum atomic E-state index is 13.5. The highest BCUT2D eigenvalue weighted by molar-refractivity contribution is 5.76. The summed E-state index contributed by atoms with van der Waals surface area (Å²) in [6, 6.07) is -1.01. The summed E-state index contributed by atoms with van der Waals surface area (Å²) in [6.45, 7) is 1.59. The van der Waals surface area contributed by atoms with E-state index in [0.29, 0.717) is 12.8 Å². The van der Waals surface area contributed by atoms with E-state index in [0.717, 1.165) is 116 Å². The first-order chi connectivity index (χ1) is 51.8. The summed E-state index contributed by atoms with van der Waals surface area (Å²) in [7, 11) is 0. The maximum Gasteiger partial charge on any atom is 0.220 e. The van der Waals surface area contributed by atoms with E-state index in [1.54, 1.807) is 6.08 Å². The van der Waals surface area contributed by atoms with Crippen molar-refractivity contribution < 1.29 is 89.4 Å². The van der Waals surface area contributed by atoms with Crippen LogP contribution in [-0.4, -0.2) is 193 Å². The van der Waals surface area contributed by atoms with Gasteiger partial charge in [-0.15, -0.1) is 0 Å². The smallest absolute Gasteiger partial charge is 0.220 e. The number of hydrogen-bond acceptors (Lipinski definition) is 18. The number of carbonyl (C=O) groups excluding carboxylic acids is 1. The Morgan fingerprint density at radius 3 is 1.06 bits per heavy atom. The molecule has 3 saturated heterocycles. The van der Waals surface area contributed by atoms with E-state index in [4.69, 9.17) is 28.4 Å². The number of ether oxygens (including phenoxy) is 6. The second kappa shape index (κ2) is 65.4. The van der Waals surface area contributed by atoms with Crippen molar-refractivity contribution in [1.82, 2.24) is 5.32 Å². The average Bonchev–Trinajstić information content (AvgIpc) is 0.780. The zero-order chi connectivity index (χ0) is 76.7. The average molecular weight is 1490 g/mol. The number of nitrogens with one attached hydrogen (secondary N) is 1. The molecule has 19 nitrogen and oxygen atoms in total. The van der Waals surface area contributed by atoms with Gasteiger partial charge in [0.25, 0.3) is 0 Å². The van der Waals surface area contributed by atoms with E-state index in [1.165, 1.54) is 116 Å². The Morgan fingerprint density at radius 1 is 0.349 bits per heavy atom. The Balaban J connectivity index is 1.34. The van der Waals surface area contributed by atoms with E-state index >= 15 is 0 Å². The van der Waals surface area contributed by atoms with Crippen molar-refractivity contribution in [2.45, 2.75) is 369 Å². The minimum absolute atomic E-state index is 0.222. The maximum absolute atomic E-state index is 13.5. The summed E-state index contributed by atoms with van der Waals surface area (Å²) < 4.78 is 34.4. The van der Waals surface area contributed by atoms with E-state index in [1.807, 2.05) is 6.08 Å². The van der Waals surface area contributed by atoms with Gasteiger partial charge in [0, 0.05) is 6.42 Å². The van der Waals surface area contributed by atoms with Crippen molar-refractivity contribution in [3.63, 3.8) is 0 Å². The number of amides is 1. The Morgan fingerprint density at radius 2 is 0.660 bits per heavy atom. The van der Waals surface area contributed by atoms with Gasteiger partial charge in [-0.25, -0.2) is 0 Å². The third-order valence-electron chi connectivity index (χ3n) is 19.3. The number of aliphatic hydroxyl groups excluding tert-OH is 11. The molecular weight excluding hydrogens is 1350 g/mol. The predicted octanol–water partition coefficient (Wildman–Crippen LogP) is 14.2. The number of carbonyl (C=O) groups is 1. The van der Waals surface area contributed by atoms with Gasteiger partial charge < -0.3 is 89.9 Å². The fraction of sp³-hybridized carbons (Fsp3) is 0.713. The van der Waals surface area contributed by atoms with Crippen LogP contribution in [0.25, 0.3) is 0 Å². The third-order valence-corrected chi connectivity index (χ3v) is 19.3. The minimum atomic E-state index is -1.99. The molecule has 12 N–H and O–H groups in total. The van der Waals surface area contributed by atoms with Crippen LogP contribution in [-0.2, 0) is 33.2 Å². The highest BCUT2D eigenvalue weighted by Crippen LogP contribution is 2.33. The molecule has 0 aromatic heterocycles. The van der Waals surface area contributed by atoms with E-state index in [2.05, 4.69) is 153 Å². The monoisotopic (exact) mass is 1490 g/mol. The number of hydrogen-bond donors (Lipinski definition) is 12. The summed E-state index contributed by atoms with van der Waals surface area (Å²) in [5.41, 5.74) is 0. The van der Waals surface area contributed by atoms with Crippen LogP contribution in [0.1, 0.15) is 264 Å². The fourth-order valence-corrected chi connectivity index (χ4v) is 12.8. The van der Waals surface area contributed by atoms with Crippen molar-refractivity contribution in [1.29, 1.82) is 0 Å². The second-order valence-corrected chi connectivity index (χ2v) is 28.5. The van der Waals surface area contributed by atoms with Crippen LogP contribution in [0.2, 0.25) is 0 Å². The molecule has 3 rings (SSSR count). The second-order valence-electron chi connectivity index (χ2n) is 28.5. The lowest BCUT2D eigenvalue weighted by molar-refractivity contribution is -0.379. The van der Waals surface area contributed by atoms with Gasteiger partial charge >= 0.3 is 0 Å². The molecule has 1 amide bonds. The van der Waals surface area contributed by atoms with E-state index in [9.17, 15) is 61.0 Å². The molecule has 19 heteroatoms. The summed E-state index contributed by atoms with van der Waals surface area (Å²) in [5, 5.41) is 121. The summed E-state index contributed by atoms with van der Waals surface area (Å²) in [4.78, 5) is 13.5. The van der Waals surface area contributed by atoms with Gasteiger partial charge in [-0.3, -0.25) is 4.79 Å². The Labute approximate surface area is 638 Å². The zero-order valence-corrected chi connectivity index (χ0v) is 64.9. The molecule has 3 aliphatic heterocycles. The van der Waals surface area contributed by atoms with Crippen molar-refractivity contribution in [3.8, 4) is 0 Å². The van der Waals surface area contributed by atoms with Gasteiger partial charge in [-0.05, 0) is 116 Å². The topological polar surface area (TPSA) is 307 Å². The summed E-state index contributed by atoms with van der Waals surface area (Å²) in [6.07, 6.45) is 68.3. The molecule has 3 aliphatic rings. The molecule has 606 valence electrons. The largest absolute Gasteiger partial charge is 0.394 e. The highest BCUT2D eigenvalue weighted by atomic mass is 16.8. The third kappa shape index (κ3) is 44.5. The Bertz CT molecular complexity index is 2490. The standard InChI is InChI=1S/C87H145NO18/c1-3-5-7-9-11-13-15-17-19-21-23-25-26-27-28-29-30-31-32-33-34-35-36-37-38-39-40-41-42-43-44-45-47-49-51-53-55-57-59-61-63-65-75(93)88-70(71(92)64-62-60-58-56-54-52-50-48-46-24-22-20-18-16-14-12-10-8-6-4-2)69-101-85-81(99)78(96)83(73(67-90)103-85)106-87-82(100)79(97)84(74(68-91)104-87)105-86-80(98)77(95)76(94)72(66-89)102-86/h5,7,11,13,17,19,23,25,27-28,30-31,33-34,36-37,39-40,46,48,54,56,62,64,70-74,76-87,89-92,94-100H,3-4,6,8-10,12,14-16,18,20-22,24,26,29,32,35,38,41-45,47,49-53,55,57-61,63,65-69H2,1-2H3,(H,88,93)/b7-5-,13-11-,19-17-,25-23-,28-27-,31-30-,34-33-,37-36-,40-39-,48-46+,56-54+,64-62+. The van der Waals surface area contributed by atoms with Gasteiger partial charge in [-0.2, -0.15) is 0 Å². The molecule has 3 heterocycles. The van der Waals surface area contributed by atoms with Gasteiger partial charge in [-0.1, -0.05) is 288 Å². The highest BCUT2D eigenvalue weighted by Gasteiger charge is 2.54. The molecule has 0 radical (unpaired) electrons. The molecule has 17 unspecified atom stereocenters. The predicted molar refractivity (Wildman–Crippen MR) is 424 cm³/mol. The molecule has 0 aliphatic carbocycles. The van der Waals surface area contributed by atoms with Crippen LogP contribution in [0.15, 0.2) is 146 Å². The molecule has 0 aromatic rings. The van der Waals surface area contributed by atoms with E-state index in [-0.39, 0.29) is 18.9 Å². The minimum Gasteiger partial charge on any atom is -0.394 e. The lowest BCUT2D eigenvalue weighted by Crippen LogP contribution is -2.66. The van der Waals surface area contributed by atoms with Crippen molar-refractivity contribution >= 4 is 5.91 Å². The molecular formula is C87H145NO18. The number of allylic oxidation sites excluding steroid dienone is 23. The Hall–Kier alpha value is -4.33. The zero-order valence-electron chi connectivity index (χ0n) is 64.9. The molecule has 106 heavy (non-hydrogen) atoms. The van der Waals surface area contributed by atoms with Crippen LogP contribution >= 0.6 is 0 Å². The van der Waals surface area contributed by atoms with Crippen LogP contribution in [0.5, 0.6) is 0 Å². The molecule has 17 atom stereocenters. The molecule has 3 fully saturated rings. The summed E-state index contributed by atoms with van der Waals surface area (Å²) in [5.74, 6) is -0.295. The van der Waals surface area contributed by atoms with Crippen molar-refractivity contribution in [2.75, 3.05) is 26.4 Å². The normalized spacial score (nSPS) is 26.4. The lowest BCUT2D eigenvalue weighted by Gasteiger charge is -2.48. The molecule has 0 bridgehead atoms. The van der Waals surface area contributed by atoms with Crippen LogP contribution in [0.4, 0.5) is 0 Å². The van der Waals surface area contributed by atoms with Gasteiger partial charge in [0.1, 0.15) is 73.2 Å². The summed E-state index contributed by atoms with van der Waals surface area (Å²) >= 11 is 0. The SMILES string of the molecule is CC/C=C\C/C=C\C/C=C\C/C=C\C/C=C\C/C=C\C/C=C\C/C=C\C/C=C\CCCCCCCCCCCCCCCC(=O)NC(COC1OC(CO)C(OC2OC(CO)C(OC3OC(CO)C(O)C(O)C3O)C(O)C2O)C(O)C1O)C(O)/C=C/CC/C=C/CC/C=C/CCCCCCCCCCCC. The number of aliphatic hydroxyl groups is 11. The van der Waals surface area contributed by atoms with Crippen LogP contribution in [0.3, 0.4) is 0 Å². The molecule has 0 spiro atoms. The van der Waals surface area contributed by atoms with Gasteiger partial charge in [0.05, 0.1) is 38.6 Å². The van der Waals surface area contributed by atoms with Crippen molar-refractivity contribution in [2.24, 2.45) is 0 Å².